The van der Waals surface area contributed by atoms with E-state index < -0.39 is 0 Å². The molecule has 0 saturated heterocycles. The number of likely N-dealkylation sites (N-methyl/N-ethyl adjacent to an activating group) is 1. The van der Waals surface area contributed by atoms with E-state index in [0.29, 0.717) is 23.5 Å². The van der Waals surface area contributed by atoms with Gasteiger partial charge in [0.25, 0.3) is 0 Å². The number of nitrogens with zero attached hydrogens (tertiary/aromatic N) is 1. The van der Waals surface area contributed by atoms with E-state index in [0.717, 1.165) is 36.3 Å². The van der Waals surface area contributed by atoms with Crippen LogP contribution in [0.3, 0.4) is 0 Å². The zero-order valence-corrected chi connectivity index (χ0v) is 14.5. The van der Waals surface area contributed by atoms with Crippen LogP contribution >= 0.6 is 0 Å². The summed E-state index contributed by atoms with van der Waals surface area (Å²) in [5.74, 6) is 2.81. The normalized spacial score (nSPS) is 20.1. The summed E-state index contributed by atoms with van der Waals surface area (Å²) in [6.45, 7) is 1.39. The van der Waals surface area contributed by atoms with Crippen molar-refractivity contribution in [1.82, 2.24) is 4.90 Å². The number of aldehydes is 1. The molecule has 3 heterocycles. The van der Waals surface area contributed by atoms with Crippen molar-refractivity contribution in [3.63, 3.8) is 0 Å². The number of carbonyl (C=O) groups excluding carboxylic acids is 1. The molecule has 0 amide bonds. The van der Waals surface area contributed by atoms with E-state index in [1.807, 2.05) is 12.1 Å². The SMILES string of the molecule is CN1CCc2cc3c(cc2C1Cc1ccc2c(c1C=O)OCO2)OCO3. The van der Waals surface area contributed by atoms with E-state index >= 15 is 0 Å². The van der Waals surface area contributed by atoms with E-state index in [-0.39, 0.29) is 19.6 Å². The molecule has 2 aromatic rings. The number of fused-ring (bicyclic) bond motifs is 3. The molecule has 0 saturated carbocycles. The monoisotopic (exact) mass is 353 g/mol. The van der Waals surface area contributed by atoms with Crippen molar-refractivity contribution in [3.05, 3.63) is 46.5 Å². The third-order valence-corrected chi connectivity index (χ3v) is 5.46. The summed E-state index contributed by atoms with van der Waals surface area (Å²) in [5, 5.41) is 0. The van der Waals surface area contributed by atoms with Gasteiger partial charge in [0.2, 0.25) is 13.6 Å². The topological polar surface area (TPSA) is 57.2 Å². The average molecular weight is 353 g/mol. The maximum atomic E-state index is 11.7. The Labute approximate surface area is 151 Å². The minimum Gasteiger partial charge on any atom is -0.454 e. The van der Waals surface area contributed by atoms with Crippen LogP contribution in [0.2, 0.25) is 0 Å². The summed E-state index contributed by atoms with van der Waals surface area (Å²) in [7, 11) is 2.12. The van der Waals surface area contributed by atoms with Gasteiger partial charge in [-0.15, -0.1) is 0 Å². The highest BCUT2D eigenvalue weighted by Gasteiger charge is 2.30. The van der Waals surface area contributed by atoms with Gasteiger partial charge in [0.05, 0.1) is 5.56 Å². The molecule has 0 spiro atoms. The van der Waals surface area contributed by atoms with Crippen LogP contribution in [0.4, 0.5) is 0 Å². The van der Waals surface area contributed by atoms with E-state index in [2.05, 4.69) is 24.1 Å². The van der Waals surface area contributed by atoms with Crippen molar-refractivity contribution in [3.8, 4) is 23.0 Å². The first kappa shape index (κ1) is 15.5. The van der Waals surface area contributed by atoms with Gasteiger partial charge in [-0.3, -0.25) is 9.69 Å². The van der Waals surface area contributed by atoms with Gasteiger partial charge in [-0.1, -0.05) is 6.07 Å². The van der Waals surface area contributed by atoms with Crippen molar-refractivity contribution in [2.45, 2.75) is 18.9 Å². The Kier molecular flexibility index (Phi) is 3.53. The van der Waals surface area contributed by atoms with Gasteiger partial charge in [-0.25, -0.2) is 0 Å². The number of ether oxygens (including phenoxy) is 4. The predicted octanol–water partition coefficient (Wildman–Crippen LogP) is 2.73. The van der Waals surface area contributed by atoms with Crippen LogP contribution in [0.5, 0.6) is 23.0 Å². The van der Waals surface area contributed by atoms with E-state index in [4.69, 9.17) is 18.9 Å². The van der Waals surface area contributed by atoms with Crippen LogP contribution in [0.25, 0.3) is 0 Å². The minimum atomic E-state index is 0.160. The van der Waals surface area contributed by atoms with Gasteiger partial charge in [0, 0.05) is 12.6 Å². The third-order valence-electron chi connectivity index (χ3n) is 5.46. The van der Waals surface area contributed by atoms with Crippen LogP contribution in [0.15, 0.2) is 24.3 Å². The molecular weight excluding hydrogens is 334 g/mol. The quantitative estimate of drug-likeness (QED) is 0.791. The molecule has 0 fully saturated rings. The van der Waals surface area contributed by atoms with Gasteiger partial charge >= 0.3 is 0 Å². The number of benzene rings is 2. The van der Waals surface area contributed by atoms with Crippen molar-refractivity contribution in [2.24, 2.45) is 0 Å². The molecule has 0 bridgehead atoms. The molecule has 1 atom stereocenters. The molecule has 0 aliphatic carbocycles. The number of carbonyl (C=O) groups is 1. The van der Waals surface area contributed by atoms with Crippen molar-refractivity contribution in [2.75, 3.05) is 27.2 Å². The maximum absolute atomic E-state index is 11.7. The van der Waals surface area contributed by atoms with Gasteiger partial charge < -0.3 is 18.9 Å². The zero-order valence-electron chi connectivity index (χ0n) is 14.5. The van der Waals surface area contributed by atoms with Crippen LogP contribution in [-0.2, 0) is 12.8 Å². The Morgan fingerprint density at radius 1 is 1.08 bits per heavy atom. The first-order chi connectivity index (χ1) is 12.7. The second-order valence-electron chi connectivity index (χ2n) is 6.84. The molecule has 3 aliphatic rings. The van der Waals surface area contributed by atoms with Crippen LogP contribution in [0, 0.1) is 0 Å². The van der Waals surface area contributed by atoms with E-state index in [9.17, 15) is 4.79 Å². The second-order valence-corrected chi connectivity index (χ2v) is 6.84. The summed E-state index contributed by atoms with van der Waals surface area (Å²) in [5.41, 5.74) is 4.07. The van der Waals surface area contributed by atoms with Crippen molar-refractivity contribution < 1.29 is 23.7 Å². The Hall–Kier alpha value is -2.73. The lowest BCUT2D eigenvalue weighted by atomic mass is 9.87. The maximum Gasteiger partial charge on any atom is 0.231 e. The average Bonchev–Trinajstić information content (AvgIpc) is 3.30. The van der Waals surface area contributed by atoms with E-state index in [1.54, 1.807) is 0 Å². The summed E-state index contributed by atoms with van der Waals surface area (Å²) < 4.78 is 22.0. The number of rotatable bonds is 3. The fraction of sp³-hybridized carbons (Fsp3) is 0.350. The Morgan fingerprint density at radius 2 is 1.85 bits per heavy atom. The highest BCUT2D eigenvalue weighted by Crippen LogP contribution is 2.43. The Morgan fingerprint density at radius 3 is 2.69 bits per heavy atom. The largest absolute Gasteiger partial charge is 0.454 e. The fourth-order valence-electron chi connectivity index (χ4n) is 4.03. The number of hydrogen-bond acceptors (Lipinski definition) is 6. The lowest BCUT2D eigenvalue weighted by Crippen LogP contribution is -2.33. The molecule has 2 aromatic carbocycles. The molecule has 0 aromatic heterocycles. The van der Waals surface area contributed by atoms with Gasteiger partial charge in [-0.2, -0.15) is 0 Å². The van der Waals surface area contributed by atoms with Gasteiger partial charge in [0.15, 0.2) is 29.3 Å². The number of hydrogen-bond donors (Lipinski definition) is 0. The second kappa shape index (κ2) is 5.92. The minimum absolute atomic E-state index is 0.160. The molecule has 26 heavy (non-hydrogen) atoms. The molecule has 134 valence electrons. The molecule has 3 aliphatic heterocycles. The van der Waals surface area contributed by atoms with Gasteiger partial charge in [-0.05, 0) is 54.8 Å². The molecule has 6 heteroatoms. The van der Waals surface area contributed by atoms with Crippen molar-refractivity contribution in [1.29, 1.82) is 0 Å². The predicted molar refractivity (Wildman–Crippen MR) is 93.3 cm³/mol. The Bertz CT molecular complexity index is 894. The van der Waals surface area contributed by atoms with Crippen LogP contribution < -0.4 is 18.9 Å². The molecule has 0 radical (unpaired) electrons. The standard InChI is InChI=1S/C20H19NO5/c1-21-5-4-13-7-18-19(25-10-24-18)8-14(13)16(21)6-12-2-3-17-20(15(12)9-22)26-11-23-17/h2-3,7-9,16H,4-6,10-11H2,1H3. The molecule has 6 nitrogen and oxygen atoms in total. The summed E-state index contributed by atoms with van der Waals surface area (Å²) >= 11 is 0. The molecule has 5 rings (SSSR count). The van der Waals surface area contributed by atoms with Crippen LogP contribution in [0.1, 0.15) is 33.1 Å². The molecule has 1 unspecified atom stereocenters. The lowest BCUT2D eigenvalue weighted by Gasteiger charge is -2.35. The van der Waals surface area contributed by atoms with Crippen molar-refractivity contribution >= 4 is 6.29 Å². The molecule has 0 N–H and O–H groups in total. The third kappa shape index (κ3) is 2.33. The first-order valence-corrected chi connectivity index (χ1v) is 8.74. The highest BCUT2D eigenvalue weighted by molar-refractivity contribution is 5.84. The highest BCUT2D eigenvalue weighted by atomic mass is 16.7. The Balaban J connectivity index is 1.55. The zero-order chi connectivity index (χ0) is 17.7. The summed E-state index contributed by atoms with van der Waals surface area (Å²) in [6.07, 6.45) is 2.56. The first-order valence-electron chi connectivity index (χ1n) is 8.74. The fourth-order valence-corrected chi connectivity index (χ4v) is 4.03. The smallest absolute Gasteiger partial charge is 0.231 e. The molecular formula is C20H19NO5. The lowest BCUT2D eigenvalue weighted by molar-refractivity contribution is 0.111. The van der Waals surface area contributed by atoms with Gasteiger partial charge in [0.1, 0.15) is 0 Å². The summed E-state index contributed by atoms with van der Waals surface area (Å²) in [6, 6.07) is 8.19. The van der Waals surface area contributed by atoms with Crippen LogP contribution in [-0.4, -0.2) is 38.4 Å². The van der Waals surface area contributed by atoms with E-state index in [1.165, 1.54) is 11.1 Å². The summed E-state index contributed by atoms with van der Waals surface area (Å²) in [4.78, 5) is 14.0.